The molecule has 1 N–H and O–H groups in total. The van der Waals surface area contributed by atoms with Gasteiger partial charge in [-0.3, -0.25) is 0 Å². The molecule has 7 heteroatoms. The Labute approximate surface area is 176 Å². The van der Waals surface area contributed by atoms with E-state index < -0.39 is 0 Å². The third kappa shape index (κ3) is 3.73. The van der Waals surface area contributed by atoms with Crippen LogP contribution in [-0.2, 0) is 0 Å². The van der Waals surface area contributed by atoms with Crippen LogP contribution in [0.1, 0.15) is 25.7 Å². The summed E-state index contributed by atoms with van der Waals surface area (Å²) < 4.78 is 1.89. The fourth-order valence-electron chi connectivity index (χ4n) is 4.44. The fraction of sp³-hybridized carbons (Fsp3) is 0.391. The van der Waals surface area contributed by atoms with Gasteiger partial charge in [0.05, 0.1) is 11.7 Å². The molecule has 0 unspecified atom stereocenters. The summed E-state index contributed by atoms with van der Waals surface area (Å²) in [6.45, 7) is 0.932. The van der Waals surface area contributed by atoms with Gasteiger partial charge < -0.3 is 10.2 Å². The van der Waals surface area contributed by atoms with E-state index in [0.717, 1.165) is 40.3 Å². The summed E-state index contributed by atoms with van der Waals surface area (Å²) in [6, 6.07) is 8.87. The summed E-state index contributed by atoms with van der Waals surface area (Å²) in [7, 11) is 4.37. The van der Waals surface area contributed by atoms with Crippen LogP contribution in [0.2, 0.25) is 0 Å². The van der Waals surface area contributed by atoms with Gasteiger partial charge in [0.1, 0.15) is 0 Å². The Hall–Kier alpha value is -3.06. The van der Waals surface area contributed by atoms with Gasteiger partial charge in [-0.05, 0) is 70.0 Å². The highest BCUT2D eigenvalue weighted by atomic mass is 15.3. The Morgan fingerprint density at radius 2 is 1.93 bits per heavy atom. The van der Waals surface area contributed by atoms with Crippen molar-refractivity contribution in [3.8, 4) is 11.1 Å². The van der Waals surface area contributed by atoms with Gasteiger partial charge >= 0.3 is 0 Å². The Kier molecular flexibility index (Phi) is 5.04. The predicted octanol–water partition coefficient (Wildman–Crippen LogP) is 3.87. The molecule has 0 saturated heterocycles. The molecule has 5 rings (SSSR count). The van der Waals surface area contributed by atoms with Crippen LogP contribution in [0.4, 0.5) is 5.95 Å². The van der Waals surface area contributed by atoms with Crippen molar-refractivity contribution in [1.82, 2.24) is 29.5 Å². The van der Waals surface area contributed by atoms with E-state index in [0.29, 0.717) is 11.9 Å². The van der Waals surface area contributed by atoms with E-state index in [-0.39, 0.29) is 0 Å². The van der Waals surface area contributed by atoms with Crippen molar-refractivity contribution < 1.29 is 0 Å². The second-order valence-corrected chi connectivity index (χ2v) is 8.43. The number of hydrogen-bond donors (Lipinski definition) is 1. The molecule has 7 nitrogen and oxygen atoms in total. The smallest absolute Gasteiger partial charge is 0.241 e. The quantitative estimate of drug-likeness (QED) is 0.547. The first-order valence-corrected chi connectivity index (χ1v) is 10.6. The largest absolute Gasteiger partial charge is 0.353 e. The summed E-state index contributed by atoms with van der Waals surface area (Å²) in [4.78, 5) is 15.7. The van der Waals surface area contributed by atoms with Crippen LogP contribution < -0.4 is 5.32 Å². The van der Waals surface area contributed by atoms with Gasteiger partial charge in [0, 0.05) is 47.7 Å². The molecule has 0 aromatic carbocycles. The SMILES string of the molecule is CN(C)C1CCC(CNc2ncc3c(-c4cnc5ncccc5c4)ccn3n2)CC1. The Morgan fingerprint density at radius 3 is 2.77 bits per heavy atom. The van der Waals surface area contributed by atoms with Crippen molar-refractivity contribution in [2.24, 2.45) is 5.92 Å². The molecular formula is C23H27N7. The minimum atomic E-state index is 0.681. The molecule has 30 heavy (non-hydrogen) atoms. The number of nitrogens with one attached hydrogen (secondary N) is 1. The normalized spacial score (nSPS) is 19.6. The van der Waals surface area contributed by atoms with E-state index in [1.54, 1.807) is 6.20 Å². The minimum absolute atomic E-state index is 0.681. The first-order valence-electron chi connectivity index (χ1n) is 10.6. The highest BCUT2D eigenvalue weighted by Gasteiger charge is 2.22. The average molecular weight is 402 g/mol. The van der Waals surface area contributed by atoms with Crippen LogP contribution in [0, 0.1) is 5.92 Å². The second kappa shape index (κ2) is 7.99. The fourth-order valence-corrected chi connectivity index (χ4v) is 4.44. The number of aromatic nitrogens is 5. The predicted molar refractivity (Wildman–Crippen MR) is 119 cm³/mol. The molecule has 1 aliphatic carbocycles. The topological polar surface area (TPSA) is 71.2 Å². The summed E-state index contributed by atoms with van der Waals surface area (Å²) in [6.07, 6.45) is 12.6. The van der Waals surface area contributed by atoms with Crippen LogP contribution >= 0.6 is 0 Å². The molecule has 0 radical (unpaired) electrons. The average Bonchev–Trinajstić information content (AvgIpc) is 3.21. The van der Waals surface area contributed by atoms with Crippen LogP contribution in [0.3, 0.4) is 0 Å². The van der Waals surface area contributed by atoms with Gasteiger partial charge in [0.25, 0.3) is 0 Å². The molecule has 1 saturated carbocycles. The maximum atomic E-state index is 4.66. The maximum absolute atomic E-state index is 4.66. The third-order valence-electron chi connectivity index (χ3n) is 6.28. The van der Waals surface area contributed by atoms with E-state index in [9.17, 15) is 0 Å². The van der Waals surface area contributed by atoms with Crippen LogP contribution in [0.25, 0.3) is 27.7 Å². The zero-order valence-electron chi connectivity index (χ0n) is 17.5. The first kappa shape index (κ1) is 18.9. The van der Waals surface area contributed by atoms with Crippen molar-refractivity contribution >= 4 is 22.5 Å². The number of rotatable bonds is 5. The zero-order valence-corrected chi connectivity index (χ0v) is 17.5. The molecule has 4 aromatic heterocycles. The molecule has 0 aliphatic heterocycles. The summed E-state index contributed by atoms with van der Waals surface area (Å²) in [5, 5.41) is 9.14. The molecule has 0 atom stereocenters. The Morgan fingerprint density at radius 1 is 1.07 bits per heavy atom. The summed E-state index contributed by atoms with van der Waals surface area (Å²) in [5.74, 6) is 1.37. The van der Waals surface area contributed by atoms with E-state index in [1.807, 2.05) is 35.2 Å². The van der Waals surface area contributed by atoms with Gasteiger partial charge in [0.2, 0.25) is 5.95 Å². The second-order valence-electron chi connectivity index (χ2n) is 8.43. The van der Waals surface area contributed by atoms with Crippen LogP contribution in [0.5, 0.6) is 0 Å². The van der Waals surface area contributed by atoms with Crippen molar-refractivity contribution in [2.45, 2.75) is 31.7 Å². The number of fused-ring (bicyclic) bond motifs is 2. The lowest BCUT2D eigenvalue weighted by molar-refractivity contribution is 0.198. The van der Waals surface area contributed by atoms with Crippen LogP contribution in [-0.4, -0.2) is 56.1 Å². The van der Waals surface area contributed by atoms with Gasteiger partial charge in [-0.25, -0.2) is 19.5 Å². The molecular weight excluding hydrogens is 374 g/mol. The molecule has 0 amide bonds. The van der Waals surface area contributed by atoms with Gasteiger partial charge in [-0.15, -0.1) is 5.10 Å². The highest BCUT2D eigenvalue weighted by Crippen LogP contribution is 2.28. The van der Waals surface area contributed by atoms with E-state index in [4.69, 9.17) is 0 Å². The molecule has 0 spiro atoms. The summed E-state index contributed by atoms with van der Waals surface area (Å²) >= 11 is 0. The van der Waals surface area contributed by atoms with Crippen molar-refractivity contribution in [3.63, 3.8) is 0 Å². The van der Waals surface area contributed by atoms with Crippen LogP contribution in [0.15, 0.2) is 49.1 Å². The summed E-state index contributed by atoms with van der Waals surface area (Å²) in [5.41, 5.74) is 3.84. The molecule has 1 aliphatic rings. The Bertz CT molecular complexity index is 1160. The first-order chi connectivity index (χ1) is 14.7. The van der Waals surface area contributed by atoms with Crippen molar-refractivity contribution in [1.29, 1.82) is 0 Å². The highest BCUT2D eigenvalue weighted by molar-refractivity contribution is 5.86. The van der Waals surface area contributed by atoms with Crippen molar-refractivity contribution in [3.05, 3.63) is 49.1 Å². The third-order valence-corrected chi connectivity index (χ3v) is 6.28. The van der Waals surface area contributed by atoms with Gasteiger partial charge in [-0.2, -0.15) is 0 Å². The molecule has 1 fully saturated rings. The molecule has 154 valence electrons. The molecule has 4 heterocycles. The molecule has 0 bridgehead atoms. The number of hydrogen-bond acceptors (Lipinski definition) is 6. The monoisotopic (exact) mass is 401 g/mol. The number of anilines is 1. The molecule has 4 aromatic rings. The maximum Gasteiger partial charge on any atom is 0.241 e. The Balaban J connectivity index is 1.30. The minimum Gasteiger partial charge on any atom is -0.353 e. The van der Waals surface area contributed by atoms with E-state index in [2.05, 4.69) is 56.5 Å². The van der Waals surface area contributed by atoms with E-state index >= 15 is 0 Å². The zero-order chi connectivity index (χ0) is 20.5. The standard InChI is InChI=1S/C23H27N7/c1-29(2)19-7-5-16(6-8-19)13-26-23-27-15-21-20(9-11-30(21)28-23)18-12-17-4-3-10-24-22(17)25-14-18/h3-4,9-12,14-16,19H,5-8,13H2,1-2H3,(H,26,28). The lowest BCUT2D eigenvalue weighted by atomic mass is 9.85. The van der Waals surface area contributed by atoms with E-state index in [1.165, 1.54) is 25.7 Å². The van der Waals surface area contributed by atoms with Crippen molar-refractivity contribution in [2.75, 3.05) is 26.0 Å². The number of pyridine rings is 2. The lowest BCUT2D eigenvalue weighted by Crippen LogP contribution is -2.33. The number of nitrogens with zero attached hydrogens (tertiary/aromatic N) is 6. The van der Waals surface area contributed by atoms with Gasteiger partial charge in [-0.1, -0.05) is 0 Å². The van der Waals surface area contributed by atoms with Gasteiger partial charge in [0.15, 0.2) is 5.65 Å². The lowest BCUT2D eigenvalue weighted by Gasteiger charge is -2.32.